The third-order valence-corrected chi connectivity index (χ3v) is 6.02. The van der Waals surface area contributed by atoms with Crippen molar-refractivity contribution >= 4 is 47.2 Å². The van der Waals surface area contributed by atoms with E-state index in [4.69, 9.17) is 9.73 Å². The van der Waals surface area contributed by atoms with E-state index in [9.17, 15) is 4.79 Å². The van der Waals surface area contributed by atoms with Crippen molar-refractivity contribution < 1.29 is 9.53 Å². The summed E-state index contributed by atoms with van der Waals surface area (Å²) in [6.45, 7) is 5.68. The Morgan fingerprint density at radius 3 is 2.87 bits per heavy atom. The number of guanidine groups is 1. The average molecular weight is 557 g/mol. The van der Waals surface area contributed by atoms with Crippen LogP contribution in [0, 0.1) is 0 Å². The van der Waals surface area contributed by atoms with E-state index in [1.54, 1.807) is 11.3 Å². The Kier molecular flexibility index (Phi) is 11.3. The van der Waals surface area contributed by atoms with Crippen molar-refractivity contribution in [2.24, 2.45) is 4.99 Å². The van der Waals surface area contributed by atoms with Crippen LogP contribution in [0.5, 0.6) is 0 Å². The van der Waals surface area contributed by atoms with Gasteiger partial charge in [-0.2, -0.15) is 0 Å². The van der Waals surface area contributed by atoms with Crippen molar-refractivity contribution in [3.63, 3.8) is 0 Å². The molecule has 31 heavy (non-hydrogen) atoms. The van der Waals surface area contributed by atoms with Crippen LogP contribution in [0.4, 0.5) is 0 Å². The molecule has 0 saturated carbocycles. The zero-order valence-corrected chi connectivity index (χ0v) is 21.4. The van der Waals surface area contributed by atoms with Crippen molar-refractivity contribution in [3.8, 4) is 0 Å². The van der Waals surface area contributed by atoms with Gasteiger partial charge in [0.2, 0.25) is 0 Å². The molecule has 0 bridgehead atoms. The van der Waals surface area contributed by atoms with E-state index in [1.807, 2.05) is 24.3 Å². The number of ether oxygens (including phenoxy) is 1. The van der Waals surface area contributed by atoms with Gasteiger partial charge in [-0.25, -0.2) is 4.99 Å². The summed E-state index contributed by atoms with van der Waals surface area (Å²) in [6, 6.07) is 11.9. The number of thiophene rings is 1. The normalized spacial score (nSPS) is 15.9. The van der Waals surface area contributed by atoms with Gasteiger partial charge in [-0.1, -0.05) is 18.2 Å². The summed E-state index contributed by atoms with van der Waals surface area (Å²) < 4.78 is 5.57. The number of nitrogens with zero attached hydrogens (tertiary/aromatic N) is 2. The smallest absolute Gasteiger partial charge is 0.251 e. The molecule has 1 unspecified atom stereocenters. The van der Waals surface area contributed by atoms with Gasteiger partial charge < -0.3 is 20.3 Å². The largest absolute Gasteiger partial charge is 0.376 e. The molecule has 2 aromatic rings. The second-order valence-corrected chi connectivity index (χ2v) is 8.50. The monoisotopic (exact) mass is 556 g/mol. The number of likely N-dealkylation sites (N-methyl/N-ethyl adjacent to an activating group) is 1. The van der Waals surface area contributed by atoms with E-state index in [2.05, 4.69) is 47.0 Å². The number of hydrogen-bond acceptors (Lipinski definition) is 4. The number of benzene rings is 1. The number of nitrogens with one attached hydrogen (secondary N) is 2. The van der Waals surface area contributed by atoms with E-state index >= 15 is 0 Å². The number of carbonyl (C=O) groups is 1. The quantitative estimate of drug-likeness (QED) is 0.279. The lowest BCUT2D eigenvalue weighted by atomic mass is 10.1. The van der Waals surface area contributed by atoms with Crippen LogP contribution in [0.3, 0.4) is 0 Å². The van der Waals surface area contributed by atoms with E-state index < -0.39 is 0 Å². The Labute approximate surface area is 206 Å². The third kappa shape index (κ3) is 8.42. The standard InChI is InChI=1S/C23H32N4O2S.HI/c1-3-24-23(27(2)12-11-21-10-6-14-30-21)26-16-18-7-4-8-19(15-18)22(28)25-17-20-9-5-13-29-20;/h4,6-8,10,14-15,20H,3,5,9,11-13,16-17H2,1-2H3,(H,24,26)(H,25,28);1H. The molecule has 6 nitrogen and oxygen atoms in total. The molecule has 0 aliphatic carbocycles. The van der Waals surface area contributed by atoms with Crippen molar-refractivity contribution in [2.45, 2.75) is 38.8 Å². The first kappa shape index (κ1) is 25.6. The van der Waals surface area contributed by atoms with Crippen LogP contribution in [0.15, 0.2) is 46.8 Å². The highest BCUT2D eigenvalue weighted by molar-refractivity contribution is 14.0. The number of aliphatic imine (C=N–C) groups is 1. The van der Waals surface area contributed by atoms with Crippen LogP contribution < -0.4 is 10.6 Å². The molecule has 1 saturated heterocycles. The van der Waals surface area contributed by atoms with Crippen LogP contribution in [0.1, 0.15) is 40.6 Å². The first-order valence-corrected chi connectivity index (χ1v) is 11.5. The Balaban J connectivity index is 0.00000341. The molecule has 0 radical (unpaired) electrons. The second kappa shape index (κ2) is 13.7. The van der Waals surface area contributed by atoms with Gasteiger partial charge in [0, 0.05) is 43.7 Å². The third-order valence-electron chi connectivity index (χ3n) is 5.09. The molecule has 2 N–H and O–H groups in total. The molecule has 2 heterocycles. The summed E-state index contributed by atoms with van der Waals surface area (Å²) in [6.07, 6.45) is 3.24. The number of hydrogen-bond donors (Lipinski definition) is 2. The maximum Gasteiger partial charge on any atom is 0.251 e. The fraction of sp³-hybridized carbons (Fsp3) is 0.478. The molecule has 1 aromatic carbocycles. The molecule has 1 amide bonds. The molecular weight excluding hydrogens is 523 g/mol. The van der Waals surface area contributed by atoms with Gasteiger partial charge in [0.25, 0.3) is 5.91 Å². The van der Waals surface area contributed by atoms with E-state index in [-0.39, 0.29) is 36.0 Å². The lowest BCUT2D eigenvalue weighted by molar-refractivity contribution is 0.0857. The molecule has 1 aliphatic rings. The van der Waals surface area contributed by atoms with Crippen molar-refractivity contribution in [1.29, 1.82) is 0 Å². The van der Waals surface area contributed by atoms with Crippen molar-refractivity contribution in [1.82, 2.24) is 15.5 Å². The fourth-order valence-electron chi connectivity index (χ4n) is 3.40. The molecular formula is C23H33IN4O2S. The lowest BCUT2D eigenvalue weighted by Crippen LogP contribution is -2.39. The predicted octanol–water partition coefficient (Wildman–Crippen LogP) is 3.91. The summed E-state index contributed by atoms with van der Waals surface area (Å²) in [7, 11) is 2.06. The number of amides is 1. The van der Waals surface area contributed by atoms with Crippen LogP contribution in [0.2, 0.25) is 0 Å². The minimum atomic E-state index is -0.0590. The maximum absolute atomic E-state index is 12.5. The lowest BCUT2D eigenvalue weighted by Gasteiger charge is -2.21. The number of carbonyl (C=O) groups excluding carboxylic acids is 1. The SMILES string of the molecule is CCNC(=NCc1cccc(C(=O)NCC2CCCO2)c1)N(C)CCc1cccs1.I. The summed E-state index contributed by atoms with van der Waals surface area (Å²) in [5, 5.41) is 8.45. The van der Waals surface area contributed by atoms with E-state index in [1.165, 1.54) is 4.88 Å². The summed E-state index contributed by atoms with van der Waals surface area (Å²) in [5.74, 6) is 0.818. The topological polar surface area (TPSA) is 66.0 Å². The van der Waals surface area contributed by atoms with Crippen LogP contribution in [-0.2, 0) is 17.7 Å². The van der Waals surface area contributed by atoms with Gasteiger partial charge in [-0.3, -0.25) is 4.79 Å². The maximum atomic E-state index is 12.5. The van der Waals surface area contributed by atoms with Gasteiger partial charge in [0.15, 0.2) is 5.96 Å². The molecule has 0 spiro atoms. The van der Waals surface area contributed by atoms with Gasteiger partial charge >= 0.3 is 0 Å². The second-order valence-electron chi connectivity index (χ2n) is 7.47. The Morgan fingerprint density at radius 2 is 2.16 bits per heavy atom. The van der Waals surface area contributed by atoms with Crippen molar-refractivity contribution in [2.75, 3.05) is 33.3 Å². The first-order valence-electron chi connectivity index (χ1n) is 10.7. The van der Waals surface area contributed by atoms with Crippen LogP contribution >= 0.6 is 35.3 Å². The summed E-state index contributed by atoms with van der Waals surface area (Å²) in [4.78, 5) is 20.8. The van der Waals surface area contributed by atoms with E-state index in [0.29, 0.717) is 18.7 Å². The first-order chi connectivity index (χ1) is 14.7. The Bertz CT molecular complexity index is 823. The summed E-state index contributed by atoms with van der Waals surface area (Å²) >= 11 is 1.78. The van der Waals surface area contributed by atoms with Gasteiger partial charge in [0.05, 0.1) is 12.6 Å². The minimum absolute atomic E-state index is 0. The highest BCUT2D eigenvalue weighted by atomic mass is 127. The fourth-order valence-corrected chi connectivity index (χ4v) is 4.10. The van der Waals surface area contributed by atoms with Gasteiger partial charge in [-0.05, 0) is 55.3 Å². The molecule has 1 atom stereocenters. The predicted molar refractivity (Wildman–Crippen MR) is 139 cm³/mol. The highest BCUT2D eigenvalue weighted by Gasteiger charge is 2.16. The summed E-state index contributed by atoms with van der Waals surface area (Å²) in [5.41, 5.74) is 1.68. The highest BCUT2D eigenvalue weighted by Crippen LogP contribution is 2.12. The van der Waals surface area contributed by atoms with E-state index in [0.717, 1.165) is 50.5 Å². The molecule has 1 aromatic heterocycles. The average Bonchev–Trinajstić information content (AvgIpc) is 3.47. The Hall–Kier alpha value is -1.65. The van der Waals surface area contributed by atoms with Crippen LogP contribution in [-0.4, -0.2) is 56.2 Å². The van der Waals surface area contributed by atoms with Gasteiger partial charge in [0.1, 0.15) is 0 Å². The minimum Gasteiger partial charge on any atom is -0.376 e. The molecule has 1 fully saturated rings. The zero-order chi connectivity index (χ0) is 21.2. The Morgan fingerprint density at radius 1 is 1.29 bits per heavy atom. The van der Waals surface area contributed by atoms with Crippen molar-refractivity contribution in [3.05, 3.63) is 57.8 Å². The zero-order valence-electron chi connectivity index (χ0n) is 18.3. The number of halogens is 1. The molecule has 3 rings (SSSR count). The number of rotatable bonds is 9. The van der Waals surface area contributed by atoms with Crippen LogP contribution in [0.25, 0.3) is 0 Å². The molecule has 1 aliphatic heterocycles. The molecule has 8 heteroatoms. The molecule has 170 valence electrons. The van der Waals surface area contributed by atoms with Gasteiger partial charge in [-0.15, -0.1) is 35.3 Å².